The zero-order chi connectivity index (χ0) is 17.1. The normalized spacial score (nSPS) is 16.2. The van der Waals surface area contributed by atoms with Crippen molar-refractivity contribution in [2.24, 2.45) is 0 Å². The fraction of sp³-hybridized carbons (Fsp3) is 0.300. The molecule has 0 spiro atoms. The zero-order valence-electron chi connectivity index (χ0n) is 14.0. The van der Waals surface area contributed by atoms with Gasteiger partial charge in [-0.1, -0.05) is 24.3 Å². The first kappa shape index (κ1) is 15.8. The molecule has 1 aromatic carbocycles. The highest BCUT2D eigenvalue weighted by Crippen LogP contribution is 2.19. The Hall–Kier alpha value is -2.66. The van der Waals surface area contributed by atoms with Crippen LogP contribution in [0.2, 0.25) is 0 Å². The topological polar surface area (TPSA) is 46.8 Å². The molecule has 0 atom stereocenters. The lowest BCUT2D eigenvalue weighted by atomic mass is 10.1. The molecule has 1 saturated heterocycles. The van der Waals surface area contributed by atoms with Gasteiger partial charge in [0.2, 0.25) is 0 Å². The summed E-state index contributed by atoms with van der Waals surface area (Å²) in [5, 5.41) is 0. The number of hydrogen-bond donors (Lipinski definition) is 0. The van der Waals surface area contributed by atoms with Crippen molar-refractivity contribution in [2.75, 3.05) is 13.1 Å². The summed E-state index contributed by atoms with van der Waals surface area (Å²) < 4.78 is 7.61. The largest absolute Gasteiger partial charge is 0.490 e. The van der Waals surface area contributed by atoms with E-state index in [2.05, 4.69) is 9.88 Å². The highest BCUT2D eigenvalue weighted by molar-refractivity contribution is 5.38. The van der Waals surface area contributed by atoms with Gasteiger partial charge in [0.1, 0.15) is 17.5 Å². The van der Waals surface area contributed by atoms with Crippen LogP contribution in [0.25, 0.3) is 5.65 Å². The Bertz CT molecular complexity index is 899. The molecule has 128 valence electrons. The Labute approximate surface area is 146 Å². The van der Waals surface area contributed by atoms with Crippen molar-refractivity contribution in [3.63, 3.8) is 0 Å². The van der Waals surface area contributed by atoms with Crippen molar-refractivity contribution in [3.8, 4) is 5.75 Å². The number of nitrogens with zero attached hydrogens (tertiary/aromatic N) is 3. The van der Waals surface area contributed by atoms with Crippen LogP contribution >= 0.6 is 0 Å². The van der Waals surface area contributed by atoms with Crippen LogP contribution in [0.4, 0.5) is 0 Å². The number of piperidine rings is 1. The summed E-state index contributed by atoms with van der Waals surface area (Å²) in [5.41, 5.74) is 1.51. The van der Waals surface area contributed by atoms with E-state index in [-0.39, 0.29) is 11.7 Å². The highest BCUT2D eigenvalue weighted by atomic mass is 16.5. The van der Waals surface area contributed by atoms with Gasteiger partial charge in [-0.3, -0.25) is 14.1 Å². The number of para-hydroxylation sites is 1. The molecule has 0 radical (unpaired) electrons. The van der Waals surface area contributed by atoms with Crippen LogP contribution in [0.1, 0.15) is 18.5 Å². The van der Waals surface area contributed by atoms with E-state index in [4.69, 9.17) is 4.74 Å². The molecule has 4 rings (SSSR count). The molecule has 25 heavy (non-hydrogen) atoms. The van der Waals surface area contributed by atoms with Gasteiger partial charge in [-0.15, -0.1) is 0 Å². The number of likely N-dealkylation sites (tertiary alicyclic amines) is 1. The average Bonchev–Trinajstić information content (AvgIpc) is 2.64. The summed E-state index contributed by atoms with van der Waals surface area (Å²) >= 11 is 0. The number of pyridine rings is 1. The van der Waals surface area contributed by atoms with E-state index < -0.39 is 0 Å². The summed E-state index contributed by atoms with van der Waals surface area (Å²) in [5.74, 6) is 0.935. The van der Waals surface area contributed by atoms with Gasteiger partial charge in [0.25, 0.3) is 5.56 Å². The first-order valence-corrected chi connectivity index (χ1v) is 8.69. The first-order valence-electron chi connectivity index (χ1n) is 8.69. The maximum absolute atomic E-state index is 12.2. The third-order valence-electron chi connectivity index (χ3n) is 4.59. The Morgan fingerprint density at radius 2 is 1.80 bits per heavy atom. The van der Waals surface area contributed by atoms with Gasteiger partial charge in [-0.05, 0) is 37.1 Å². The summed E-state index contributed by atoms with van der Waals surface area (Å²) in [4.78, 5) is 19.1. The number of ether oxygens (including phenoxy) is 1. The van der Waals surface area contributed by atoms with E-state index in [0.717, 1.165) is 37.4 Å². The van der Waals surface area contributed by atoms with E-state index in [1.165, 1.54) is 0 Å². The maximum atomic E-state index is 12.2. The summed E-state index contributed by atoms with van der Waals surface area (Å²) in [6.07, 6.45) is 3.98. The molecule has 3 aromatic rings. The van der Waals surface area contributed by atoms with Crippen molar-refractivity contribution in [1.29, 1.82) is 0 Å². The minimum Gasteiger partial charge on any atom is -0.490 e. The predicted molar refractivity (Wildman–Crippen MR) is 96.8 cm³/mol. The molecular formula is C20H21N3O2. The smallest absolute Gasteiger partial charge is 0.258 e. The monoisotopic (exact) mass is 335 g/mol. The van der Waals surface area contributed by atoms with Crippen LogP contribution < -0.4 is 10.3 Å². The van der Waals surface area contributed by atoms with Crippen LogP contribution in [0.3, 0.4) is 0 Å². The van der Waals surface area contributed by atoms with Gasteiger partial charge < -0.3 is 4.74 Å². The van der Waals surface area contributed by atoms with Crippen molar-refractivity contribution in [2.45, 2.75) is 25.5 Å². The van der Waals surface area contributed by atoms with Gasteiger partial charge >= 0.3 is 0 Å². The number of fused-ring (bicyclic) bond motifs is 1. The molecule has 5 heteroatoms. The van der Waals surface area contributed by atoms with E-state index >= 15 is 0 Å². The quantitative estimate of drug-likeness (QED) is 0.735. The number of rotatable bonds is 4. The molecule has 0 N–H and O–H groups in total. The fourth-order valence-electron chi connectivity index (χ4n) is 3.29. The van der Waals surface area contributed by atoms with E-state index in [9.17, 15) is 4.79 Å². The van der Waals surface area contributed by atoms with Crippen LogP contribution in [0, 0.1) is 0 Å². The lowest BCUT2D eigenvalue weighted by molar-refractivity contribution is 0.0961. The third-order valence-corrected chi connectivity index (χ3v) is 4.59. The van der Waals surface area contributed by atoms with E-state index in [0.29, 0.717) is 12.2 Å². The van der Waals surface area contributed by atoms with Crippen molar-refractivity contribution in [3.05, 3.63) is 76.8 Å². The Morgan fingerprint density at radius 1 is 1.04 bits per heavy atom. The second-order valence-electron chi connectivity index (χ2n) is 6.42. The Kier molecular flexibility index (Phi) is 4.48. The molecule has 1 aliphatic heterocycles. The van der Waals surface area contributed by atoms with Gasteiger partial charge in [-0.2, -0.15) is 0 Å². The molecule has 0 aliphatic carbocycles. The van der Waals surface area contributed by atoms with Crippen molar-refractivity contribution >= 4 is 5.65 Å². The van der Waals surface area contributed by atoms with Crippen LogP contribution in [-0.4, -0.2) is 33.5 Å². The molecule has 0 bridgehead atoms. The Morgan fingerprint density at radius 3 is 2.60 bits per heavy atom. The van der Waals surface area contributed by atoms with Gasteiger partial charge in [0.05, 0.1) is 5.69 Å². The highest BCUT2D eigenvalue weighted by Gasteiger charge is 2.21. The molecule has 0 amide bonds. The first-order chi connectivity index (χ1) is 12.3. The van der Waals surface area contributed by atoms with Gasteiger partial charge in [0.15, 0.2) is 0 Å². The molecule has 2 aromatic heterocycles. The standard InChI is InChI=1S/C20H21N3O2/c24-20-14-16(21-19-8-4-5-11-23(19)20)15-22-12-9-18(10-13-22)25-17-6-2-1-3-7-17/h1-8,11,14,18H,9-10,12-13,15H2. The molecule has 1 aliphatic rings. The average molecular weight is 335 g/mol. The van der Waals surface area contributed by atoms with Crippen LogP contribution in [0.15, 0.2) is 65.6 Å². The number of benzene rings is 1. The Balaban J connectivity index is 1.38. The van der Waals surface area contributed by atoms with E-state index in [1.807, 2.05) is 48.5 Å². The van der Waals surface area contributed by atoms with Crippen molar-refractivity contribution in [1.82, 2.24) is 14.3 Å². The molecule has 1 fully saturated rings. The number of hydrogen-bond acceptors (Lipinski definition) is 4. The summed E-state index contributed by atoms with van der Waals surface area (Å²) in [7, 11) is 0. The summed E-state index contributed by atoms with van der Waals surface area (Å²) in [6.45, 7) is 2.61. The van der Waals surface area contributed by atoms with Crippen LogP contribution in [-0.2, 0) is 6.54 Å². The van der Waals surface area contributed by atoms with Crippen molar-refractivity contribution < 1.29 is 4.74 Å². The molecule has 5 nitrogen and oxygen atoms in total. The maximum Gasteiger partial charge on any atom is 0.258 e. The molecular weight excluding hydrogens is 314 g/mol. The minimum atomic E-state index is -0.0251. The second kappa shape index (κ2) is 7.07. The molecule has 0 saturated carbocycles. The van der Waals surface area contributed by atoms with Gasteiger partial charge in [-0.25, -0.2) is 4.98 Å². The lowest BCUT2D eigenvalue weighted by Crippen LogP contribution is -2.38. The van der Waals surface area contributed by atoms with Gasteiger partial charge in [0, 0.05) is 31.9 Å². The summed E-state index contributed by atoms with van der Waals surface area (Å²) in [6, 6.07) is 17.2. The van der Waals surface area contributed by atoms with Crippen LogP contribution in [0.5, 0.6) is 5.75 Å². The zero-order valence-corrected chi connectivity index (χ0v) is 14.0. The number of aromatic nitrogens is 2. The fourth-order valence-corrected chi connectivity index (χ4v) is 3.29. The molecule has 3 heterocycles. The third kappa shape index (κ3) is 3.72. The predicted octanol–water partition coefficient (Wildman–Crippen LogP) is 2.74. The second-order valence-corrected chi connectivity index (χ2v) is 6.42. The minimum absolute atomic E-state index is 0.0251. The van der Waals surface area contributed by atoms with E-state index in [1.54, 1.807) is 16.7 Å². The lowest BCUT2D eigenvalue weighted by Gasteiger charge is -2.31. The molecule has 0 unspecified atom stereocenters. The SMILES string of the molecule is O=c1cc(CN2CCC(Oc3ccccc3)CC2)nc2ccccn12.